The van der Waals surface area contributed by atoms with Gasteiger partial charge in [0, 0.05) is 44.5 Å². The van der Waals surface area contributed by atoms with Crippen LogP contribution in [0.2, 0.25) is 0 Å². The van der Waals surface area contributed by atoms with Gasteiger partial charge in [0.15, 0.2) is 5.78 Å². The molecule has 2 aromatic heterocycles. The van der Waals surface area contributed by atoms with Gasteiger partial charge in [-0.15, -0.1) is 0 Å². The van der Waals surface area contributed by atoms with E-state index in [0.29, 0.717) is 5.56 Å². The number of nitro groups is 1. The van der Waals surface area contributed by atoms with E-state index in [-0.39, 0.29) is 17.1 Å². The van der Waals surface area contributed by atoms with Gasteiger partial charge >= 0.3 is 5.95 Å². The van der Waals surface area contributed by atoms with Crippen LogP contribution in [-0.2, 0) is 13.1 Å². The predicted octanol–water partition coefficient (Wildman–Crippen LogP) is 2.27. The highest BCUT2D eigenvalue weighted by Crippen LogP contribution is 2.18. The van der Waals surface area contributed by atoms with Gasteiger partial charge in [-0.2, -0.15) is 4.68 Å². The zero-order chi connectivity index (χ0) is 15.7. The van der Waals surface area contributed by atoms with Crippen LogP contribution in [0.25, 0.3) is 0 Å². The van der Waals surface area contributed by atoms with Crippen molar-refractivity contribution < 1.29 is 9.72 Å². The van der Waals surface area contributed by atoms with Crippen LogP contribution in [0.15, 0.2) is 10.8 Å². The molecule has 0 aliphatic rings. The van der Waals surface area contributed by atoms with Crippen molar-refractivity contribution in [3.8, 4) is 0 Å². The molecule has 0 atom stereocenters. The zero-order valence-electron chi connectivity index (χ0n) is 11.8. The first-order valence-electron chi connectivity index (χ1n) is 6.29. The first-order chi connectivity index (χ1) is 9.85. The summed E-state index contributed by atoms with van der Waals surface area (Å²) >= 11 is 3.07. The zero-order valence-corrected chi connectivity index (χ0v) is 13.4. The third kappa shape index (κ3) is 2.87. The van der Waals surface area contributed by atoms with Gasteiger partial charge < -0.3 is 14.7 Å². The lowest BCUT2D eigenvalue weighted by molar-refractivity contribution is -0.394. The van der Waals surface area contributed by atoms with Gasteiger partial charge in [0.25, 0.3) is 4.73 Å². The Morgan fingerprint density at radius 3 is 2.62 bits per heavy atom. The number of ketones is 1. The average Bonchev–Trinajstić information content (AvgIpc) is 2.91. The standard InChI is InChI=1S/C12H14BrN5O3/c1-4-16-7(2)5-9(8(16)3)10(19)6-17-11(13)14-12(15-17)18(20)21/h5H,4,6H2,1-3H3. The lowest BCUT2D eigenvalue weighted by Gasteiger charge is -2.05. The van der Waals surface area contributed by atoms with Crippen LogP contribution in [0, 0.1) is 24.0 Å². The quantitative estimate of drug-likeness (QED) is 0.465. The van der Waals surface area contributed by atoms with E-state index in [4.69, 9.17) is 0 Å². The number of carbonyl (C=O) groups is 1. The summed E-state index contributed by atoms with van der Waals surface area (Å²) in [7, 11) is 0. The summed E-state index contributed by atoms with van der Waals surface area (Å²) in [5.74, 6) is -0.697. The Morgan fingerprint density at radius 2 is 2.14 bits per heavy atom. The molecule has 2 rings (SSSR count). The van der Waals surface area contributed by atoms with Gasteiger partial charge in [0.1, 0.15) is 6.54 Å². The molecule has 0 N–H and O–H groups in total. The van der Waals surface area contributed by atoms with Crippen molar-refractivity contribution in [1.29, 1.82) is 0 Å². The van der Waals surface area contributed by atoms with Crippen molar-refractivity contribution in [3.63, 3.8) is 0 Å². The number of nitrogens with zero attached hydrogens (tertiary/aromatic N) is 5. The lowest BCUT2D eigenvalue weighted by atomic mass is 10.1. The molecule has 0 saturated carbocycles. The minimum atomic E-state index is -0.700. The van der Waals surface area contributed by atoms with Gasteiger partial charge in [-0.05, 0) is 36.7 Å². The number of aryl methyl sites for hydroxylation is 1. The van der Waals surface area contributed by atoms with E-state index >= 15 is 0 Å². The largest absolute Gasteiger partial charge is 0.492 e. The second-order valence-corrected chi connectivity index (χ2v) is 5.26. The molecule has 9 heteroatoms. The molecule has 0 amide bonds. The SMILES string of the molecule is CCn1c(C)cc(C(=O)Cn2nc([N+](=O)[O-])nc2Br)c1C. The Kier molecular flexibility index (Phi) is 4.21. The maximum atomic E-state index is 12.4. The molecule has 0 fully saturated rings. The summed E-state index contributed by atoms with van der Waals surface area (Å²) in [4.78, 5) is 25.9. The number of rotatable bonds is 5. The Balaban J connectivity index is 2.28. The number of aromatic nitrogens is 4. The first kappa shape index (κ1) is 15.4. The maximum absolute atomic E-state index is 12.4. The van der Waals surface area contributed by atoms with Crippen LogP contribution in [-0.4, -0.2) is 30.0 Å². The molecule has 2 heterocycles. The topological polar surface area (TPSA) is 95.8 Å². The van der Waals surface area contributed by atoms with Crippen molar-refractivity contribution in [2.45, 2.75) is 33.9 Å². The van der Waals surface area contributed by atoms with Crippen molar-refractivity contribution in [2.24, 2.45) is 0 Å². The minimum absolute atomic E-state index is 0.102. The molecule has 0 bridgehead atoms. The van der Waals surface area contributed by atoms with E-state index in [1.54, 1.807) is 0 Å². The molecule has 0 spiro atoms. The molecule has 0 aliphatic carbocycles. The number of hydrogen-bond acceptors (Lipinski definition) is 5. The Bertz CT molecular complexity index is 719. The molecule has 2 aromatic rings. The Morgan fingerprint density at radius 1 is 1.48 bits per heavy atom. The normalized spacial score (nSPS) is 10.9. The lowest BCUT2D eigenvalue weighted by Crippen LogP contribution is -2.13. The van der Waals surface area contributed by atoms with Crippen LogP contribution in [0.5, 0.6) is 0 Å². The third-order valence-corrected chi connectivity index (χ3v) is 3.85. The van der Waals surface area contributed by atoms with E-state index in [1.165, 1.54) is 4.68 Å². The van der Waals surface area contributed by atoms with Crippen LogP contribution >= 0.6 is 15.9 Å². The molecule has 0 aromatic carbocycles. The third-order valence-electron chi connectivity index (χ3n) is 3.26. The summed E-state index contributed by atoms with van der Waals surface area (Å²) in [5, 5.41) is 14.3. The Labute approximate surface area is 129 Å². The van der Waals surface area contributed by atoms with E-state index < -0.39 is 10.9 Å². The molecular formula is C12H14BrN5O3. The van der Waals surface area contributed by atoms with Crippen LogP contribution in [0.4, 0.5) is 5.95 Å². The smallest absolute Gasteiger partial charge is 0.390 e. The maximum Gasteiger partial charge on any atom is 0.492 e. The van der Waals surface area contributed by atoms with Crippen molar-refractivity contribution in [3.05, 3.63) is 37.9 Å². The highest BCUT2D eigenvalue weighted by atomic mass is 79.9. The van der Waals surface area contributed by atoms with Gasteiger partial charge in [-0.25, -0.2) is 0 Å². The van der Waals surface area contributed by atoms with E-state index in [2.05, 4.69) is 26.0 Å². The van der Waals surface area contributed by atoms with Gasteiger partial charge in [-0.3, -0.25) is 4.79 Å². The van der Waals surface area contributed by atoms with Gasteiger partial charge in [0.2, 0.25) is 0 Å². The van der Waals surface area contributed by atoms with Crippen LogP contribution in [0.1, 0.15) is 28.7 Å². The molecule has 0 unspecified atom stereocenters. The summed E-state index contributed by atoms with van der Waals surface area (Å²) in [5.41, 5.74) is 2.48. The molecule has 8 nitrogen and oxygen atoms in total. The summed E-state index contributed by atoms with van der Waals surface area (Å²) < 4.78 is 3.37. The van der Waals surface area contributed by atoms with E-state index in [9.17, 15) is 14.9 Å². The van der Waals surface area contributed by atoms with Crippen molar-refractivity contribution in [1.82, 2.24) is 19.3 Å². The average molecular weight is 356 g/mol. The van der Waals surface area contributed by atoms with Crippen molar-refractivity contribution in [2.75, 3.05) is 0 Å². The number of carbonyl (C=O) groups excluding carboxylic acids is 1. The fourth-order valence-corrected chi connectivity index (χ4v) is 2.64. The Hall–Kier alpha value is -2.03. The molecule has 112 valence electrons. The van der Waals surface area contributed by atoms with Gasteiger partial charge in [-0.1, -0.05) is 0 Å². The molecule has 0 aliphatic heterocycles. The number of hydrogen-bond donors (Lipinski definition) is 0. The second kappa shape index (κ2) is 5.76. The van der Waals surface area contributed by atoms with Gasteiger partial charge in [0.05, 0.1) is 0 Å². The molecular weight excluding hydrogens is 342 g/mol. The summed E-state index contributed by atoms with van der Waals surface area (Å²) in [6, 6.07) is 1.82. The number of Topliss-reactive ketones (excluding diaryl/α,β-unsaturated/α-hetero) is 1. The molecule has 0 saturated heterocycles. The van der Waals surface area contributed by atoms with Crippen molar-refractivity contribution >= 4 is 27.7 Å². The fourth-order valence-electron chi connectivity index (χ4n) is 2.28. The summed E-state index contributed by atoms with van der Waals surface area (Å²) in [6.45, 7) is 6.50. The monoisotopic (exact) mass is 355 g/mol. The fraction of sp³-hybridized carbons (Fsp3) is 0.417. The minimum Gasteiger partial charge on any atom is -0.390 e. The van der Waals surface area contributed by atoms with Crippen LogP contribution < -0.4 is 0 Å². The van der Waals surface area contributed by atoms with E-state index in [1.807, 2.05) is 31.4 Å². The molecule has 21 heavy (non-hydrogen) atoms. The highest BCUT2D eigenvalue weighted by Gasteiger charge is 2.23. The number of halogens is 1. The van der Waals surface area contributed by atoms with E-state index in [0.717, 1.165) is 17.9 Å². The first-order valence-corrected chi connectivity index (χ1v) is 7.09. The highest BCUT2D eigenvalue weighted by molar-refractivity contribution is 9.10. The second-order valence-electron chi connectivity index (χ2n) is 4.55. The predicted molar refractivity (Wildman–Crippen MR) is 78.3 cm³/mol. The summed E-state index contributed by atoms with van der Waals surface area (Å²) in [6.07, 6.45) is 0. The molecule has 0 radical (unpaired) electrons. The van der Waals surface area contributed by atoms with Crippen LogP contribution in [0.3, 0.4) is 0 Å².